The van der Waals surface area contributed by atoms with E-state index >= 15 is 0 Å². The maximum atomic E-state index is 13.8. The van der Waals surface area contributed by atoms with Crippen LogP contribution in [0.25, 0.3) is 6.08 Å². The van der Waals surface area contributed by atoms with Crippen molar-refractivity contribution in [2.45, 2.75) is 4.90 Å². The third-order valence-electron chi connectivity index (χ3n) is 5.32. The number of thioether (sulfide) groups is 1. The first-order valence-electron chi connectivity index (χ1n) is 11.8. The molecule has 4 aromatic carbocycles. The molecule has 0 spiro atoms. The normalized spacial score (nSPS) is 11.0. The van der Waals surface area contributed by atoms with E-state index < -0.39 is 23.4 Å². The molecule has 9 heteroatoms. The molecule has 0 saturated heterocycles. The Balaban J connectivity index is 1.45. The van der Waals surface area contributed by atoms with Crippen LogP contribution in [-0.2, 0) is 9.59 Å². The smallest absolute Gasteiger partial charge is 0.272 e. The van der Waals surface area contributed by atoms with Gasteiger partial charge in [0.25, 0.3) is 11.8 Å². The second-order valence-corrected chi connectivity index (χ2v) is 9.28. The molecule has 3 N–H and O–H groups in total. The van der Waals surface area contributed by atoms with Crippen LogP contribution < -0.4 is 16.0 Å². The number of amides is 3. The molecule has 0 fully saturated rings. The molecule has 196 valence electrons. The van der Waals surface area contributed by atoms with Crippen molar-refractivity contribution in [2.75, 3.05) is 16.4 Å². The average Bonchev–Trinajstić information content (AvgIpc) is 2.94. The van der Waals surface area contributed by atoms with Crippen molar-refractivity contribution in [2.24, 2.45) is 0 Å². The third-order valence-corrected chi connectivity index (χ3v) is 6.31. The molecule has 3 amide bonds. The van der Waals surface area contributed by atoms with Crippen LogP contribution in [0.1, 0.15) is 15.9 Å². The Labute approximate surface area is 228 Å². The van der Waals surface area contributed by atoms with E-state index in [0.717, 1.165) is 0 Å². The molecule has 4 rings (SSSR count). The molecular formula is C30H23F2N3O3S. The molecule has 0 aliphatic rings. The standard InChI is InChI=1S/C30H23F2N3O3S/c31-22-15-13-20(14-16-22)17-27(35-29(37)21-7-2-1-3-8-21)30(38)33-23-9-6-10-24(18-23)39-19-28(36)34-26-12-5-4-11-25(26)32/h1-18H,19H2,(H,33,38)(H,34,36)(H,35,37)/b27-17-. The van der Waals surface area contributed by atoms with Gasteiger partial charge in [0.05, 0.1) is 11.4 Å². The fourth-order valence-corrected chi connectivity index (χ4v) is 4.18. The lowest BCUT2D eigenvalue weighted by atomic mass is 10.1. The van der Waals surface area contributed by atoms with E-state index in [4.69, 9.17) is 0 Å². The number of benzene rings is 4. The summed E-state index contributed by atoms with van der Waals surface area (Å²) in [5, 5.41) is 7.90. The highest BCUT2D eigenvalue weighted by Gasteiger charge is 2.16. The average molecular weight is 544 g/mol. The van der Waals surface area contributed by atoms with Gasteiger partial charge in [-0.3, -0.25) is 14.4 Å². The summed E-state index contributed by atoms with van der Waals surface area (Å²) >= 11 is 1.21. The van der Waals surface area contributed by atoms with E-state index in [9.17, 15) is 23.2 Å². The van der Waals surface area contributed by atoms with E-state index in [1.165, 1.54) is 60.3 Å². The molecule has 0 aliphatic heterocycles. The molecule has 6 nitrogen and oxygen atoms in total. The quantitative estimate of drug-likeness (QED) is 0.176. The van der Waals surface area contributed by atoms with Gasteiger partial charge in [0.2, 0.25) is 5.91 Å². The zero-order valence-corrected chi connectivity index (χ0v) is 21.3. The summed E-state index contributed by atoms with van der Waals surface area (Å²) in [6.45, 7) is 0. The zero-order valence-electron chi connectivity index (χ0n) is 20.5. The molecule has 0 radical (unpaired) electrons. The molecule has 4 aromatic rings. The molecule has 0 saturated carbocycles. The topological polar surface area (TPSA) is 87.3 Å². The third kappa shape index (κ3) is 8.11. The van der Waals surface area contributed by atoms with Crippen LogP contribution in [0, 0.1) is 11.6 Å². The Hall–Kier alpha value is -4.76. The Kier molecular flexibility index (Phi) is 9.20. The van der Waals surface area contributed by atoms with Crippen LogP contribution in [0.2, 0.25) is 0 Å². The van der Waals surface area contributed by atoms with E-state index in [0.29, 0.717) is 21.7 Å². The Bertz CT molecular complexity index is 1510. The lowest BCUT2D eigenvalue weighted by molar-refractivity contribution is -0.114. The highest BCUT2D eigenvalue weighted by atomic mass is 32.2. The Morgan fingerprint density at radius 1 is 0.769 bits per heavy atom. The van der Waals surface area contributed by atoms with Gasteiger partial charge in [-0.05, 0) is 66.2 Å². The van der Waals surface area contributed by atoms with Gasteiger partial charge in [0.15, 0.2) is 0 Å². The fourth-order valence-electron chi connectivity index (χ4n) is 3.43. The minimum absolute atomic E-state index is 0.0224. The van der Waals surface area contributed by atoms with Gasteiger partial charge in [-0.2, -0.15) is 0 Å². The van der Waals surface area contributed by atoms with Crippen molar-refractivity contribution in [3.05, 3.63) is 132 Å². The number of hydrogen-bond acceptors (Lipinski definition) is 4. The molecule has 0 heterocycles. The van der Waals surface area contributed by atoms with Crippen molar-refractivity contribution in [3.63, 3.8) is 0 Å². The predicted octanol–water partition coefficient (Wildman–Crippen LogP) is 6.11. The zero-order chi connectivity index (χ0) is 27.6. The van der Waals surface area contributed by atoms with Crippen LogP contribution in [0.4, 0.5) is 20.2 Å². The summed E-state index contributed by atoms with van der Waals surface area (Å²) in [6, 6.07) is 26.6. The first kappa shape index (κ1) is 27.3. The van der Waals surface area contributed by atoms with Gasteiger partial charge in [-0.1, -0.05) is 48.5 Å². The minimum Gasteiger partial charge on any atom is -0.323 e. The molecule has 39 heavy (non-hydrogen) atoms. The van der Waals surface area contributed by atoms with Gasteiger partial charge in [0, 0.05) is 16.1 Å². The largest absolute Gasteiger partial charge is 0.323 e. The number of carbonyl (C=O) groups excluding carboxylic acids is 3. The highest BCUT2D eigenvalue weighted by molar-refractivity contribution is 8.00. The second kappa shape index (κ2) is 13.2. The fraction of sp³-hybridized carbons (Fsp3) is 0.0333. The van der Waals surface area contributed by atoms with Crippen LogP contribution in [0.3, 0.4) is 0 Å². The number of halogens is 2. The number of hydrogen-bond donors (Lipinski definition) is 3. The minimum atomic E-state index is -0.594. The van der Waals surface area contributed by atoms with Crippen LogP contribution in [0.5, 0.6) is 0 Å². The maximum Gasteiger partial charge on any atom is 0.272 e. The predicted molar refractivity (Wildman–Crippen MR) is 149 cm³/mol. The molecule has 0 aromatic heterocycles. The van der Waals surface area contributed by atoms with Crippen molar-refractivity contribution >= 4 is 46.9 Å². The summed E-state index contributed by atoms with van der Waals surface area (Å²) < 4.78 is 27.1. The lowest BCUT2D eigenvalue weighted by Gasteiger charge is -2.12. The van der Waals surface area contributed by atoms with E-state index in [2.05, 4.69) is 16.0 Å². The molecule has 0 unspecified atom stereocenters. The summed E-state index contributed by atoms with van der Waals surface area (Å²) in [5.41, 5.74) is 1.36. The van der Waals surface area contributed by atoms with Gasteiger partial charge in [0.1, 0.15) is 17.3 Å². The van der Waals surface area contributed by atoms with E-state index in [1.54, 1.807) is 60.7 Å². The number of para-hydroxylation sites is 1. The van der Waals surface area contributed by atoms with Crippen LogP contribution in [-0.4, -0.2) is 23.5 Å². The number of carbonyl (C=O) groups is 3. The van der Waals surface area contributed by atoms with E-state index in [-0.39, 0.29) is 23.0 Å². The number of rotatable bonds is 9. The highest BCUT2D eigenvalue weighted by Crippen LogP contribution is 2.23. The van der Waals surface area contributed by atoms with Crippen molar-refractivity contribution in [1.29, 1.82) is 0 Å². The van der Waals surface area contributed by atoms with Gasteiger partial charge >= 0.3 is 0 Å². The first-order valence-corrected chi connectivity index (χ1v) is 12.8. The molecule has 0 bridgehead atoms. The Morgan fingerprint density at radius 2 is 1.49 bits per heavy atom. The SMILES string of the molecule is O=C(CSc1cccc(NC(=O)/C(=C/c2ccc(F)cc2)NC(=O)c2ccccc2)c1)Nc1ccccc1F. The molecule has 0 atom stereocenters. The van der Waals surface area contributed by atoms with Crippen LogP contribution >= 0.6 is 11.8 Å². The van der Waals surface area contributed by atoms with Gasteiger partial charge in [-0.15, -0.1) is 11.8 Å². The summed E-state index contributed by atoms with van der Waals surface area (Å²) in [7, 11) is 0. The molecular weight excluding hydrogens is 520 g/mol. The van der Waals surface area contributed by atoms with Gasteiger partial charge in [-0.25, -0.2) is 8.78 Å². The summed E-state index contributed by atoms with van der Waals surface area (Å²) in [6.07, 6.45) is 1.45. The maximum absolute atomic E-state index is 13.8. The van der Waals surface area contributed by atoms with E-state index in [1.807, 2.05) is 0 Å². The van der Waals surface area contributed by atoms with Crippen molar-refractivity contribution < 1.29 is 23.2 Å². The second-order valence-electron chi connectivity index (χ2n) is 8.23. The number of nitrogens with one attached hydrogen (secondary N) is 3. The monoisotopic (exact) mass is 543 g/mol. The number of anilines is 2. The first-order chi connectivity index (χ1) is 18.9. The Morgan fingerprint density at radius 3 is 2.23 bits per heavy atom. The van der Waals surface area contributed by atoms with Crippen LogP contribution in [0.15, 0.2) is 114 Å². The summed E-state index contributed by atoms with van der Waals surface area (Å²) in [5.74, 6) is -2.39. The van der Waals surface area contributed by atoms with Gasteiger partial charge < -0.3 is 16.0 Å². The molecule has 0 aliphatic carbocycles. The summed E-state index contributed by atoms with van der Waals surface area (Å²) in [4.78, 5) is 38.9. The van der Waals surface area contributed by atoms with Crippen molar-refractivity contribution in [1.82, 2.24) is 5.32 Å². The van der Waals surface area contributed by atoms with Crippen molar-refractivity contribution in [3.8, 4) is 0 Å². The lowest BCUT2D eigenvalue weighted by Crippen LogP contribution is -2.30.